The van der Waals surface area contributed by atoms with Crippen molar-refractivity contribution >= 4 is 17.4 Å². The number of hydrogen-bond donors (Lipinski definition) is 1. The first-order valence-corrected chi connectivity index (χ1v) is 17.3. The van der Waals surface area contributed by atoms with E-state index in [4.69, 9.17) is 14.2 Å². The molecule has 0 saturated carbocycles. The Morgan fingerprint density at radius 2 is 1.44 bits per heavy atom. The highest BCUT2D eigenvalue weighted by Crippen LogP contribution is 2.19. The standard InChI is InChI=1S/C32H58N2O4S/c1-2-3-4-5-6-7-8-9-10-11-12-13-14-16-19-22-31-36-27-30(38-31)28-37-32(35)33-23-20-17-15-18-21-24-34-25-26-39-29-34/h25-26,29-31H,2-24,27-28H2,1H3/p+1/t30-,31+/m0/s1. The van der Waals surface area contributed by atoms with Crippen LogP contribution in [0.15, 0.2) is 17.1 Å². The molecule has 2 atom stereocenters. The Bertz CT molecular complexity index is 673. The van der Waals surface area contributed by atoms with Crippen molar-refractivity contribution in [3.05, 3.63) is 17.1 Å². The van der Waals surface area contributed by atoms with Crippen molar-refractivity contribution in [3.63, 3.8) is 0 Å². The van der Waals surface area contributed by atoms with Gasteiger partial charge in [-0.25, -0.2) is 4.79 Å². The maximum absolute atomic E-state index is 11.9. The van der Waals surface area contributed by atoms with Crippen LogP contribution in [0.3, 0.4) is 0 Å². The van der Waals surface area contributed by atoms with Crippen molar-refractivity contribution in [1.29, 1.82) is 0 Å². The molecule has 2 heterocycles. The molecule has 1 aliphatic heterocycles. The Kier molecular flexibility index (Phi) is 21.5. The van der Waals surface area contributed by atoms with Crippen LogP contribution >= 0.6 is 11.3 Å². The molecule has 39 heavy (non-hydrogen) atoms. The summed E-state index contributed by atoms with van der Waals surface area (Å²) in [5.41, 5.74) is 2.15. The zero-order valence-corrected chi connectivity index (χ0v) is 25.9. The van der Waals surface area contributed by atoms with E-state index in [-0.39, 0.29) is 25.1 Å². The van der Waals surface area contributed by atoms with E-state index in [1.54, 1.807) is 11.3 Å². The minimum Gasteiger partial charge on any atom is -0.447 e. The van der Waals surface area contributed by atoms with Crippen LogP contribution in [0.25, 0.3) is 0 Å². The van der Waals surface area contributed by atoms with E-state index in [1.165, 1.54) is 109 Å². The van der Waals surface area contributed by atoms with Gasteiger partial charge in [-0.3, -0.25) is 0 Å². The predicted molar refractivity (Wildman–Crippen MR) is 161 cm³/mol. The molecule has 1 amide bonds. The summed E-state index contributed by atoms with van der Waals surface area (Å²) in [6.45, 7) is 4.83. The predicted octanol–water partition coefficient (Wildman–Crippen LogP) is 8.72. The number of hydrogen-bond acceptors (Lipinski definition) is 5. The molecule has 1 fully saturated rings. The number of alkyl carbamates (subject to hydrolysis) is 1. The monoisotopic (exact) mass is 567 g/mol. The van der Waals surface area contributed by atoms with Crippen molar-refractivity contribution in [2.75, 3.05) is 19.8 Å². The molecule has 2 rings (SSSR count). The van der Waals surface area contributed by atoms with Crippen LogP contribution in [-0.4, -0.2) is 38.2 Å². The van der Waals surface area contributed by atoms with Crippen LogP contribution in [0.2, 0.25) is 0 Å². The third kappa shape index (κ3) is 19.5. The lowest BCUT2D eigenvalue weighted by atomic mass is 10.0. The summed E-state index contributed by atoms with van der Waals surface area (Å²) < 4.78 is 19.2. The number of amides is 1. The summed E-state index contributed by atoms with van der Waals surface area (Å²) in [6.07, 6.45) is 28.8. The molecular formula is C32H59N2O4S+. The van der Waals surface area contributed by atoms with Crippen LogP contribution < -0.4 is 9.88 Å². The van der Waals surface area contributed by atoms with Gasteiger partial charge in [-0.05, 0) is 25.7 Å². The maximum atomic E-state index is 11.9. The molecule has 1 saturated heterocycles. The Balaban J connectivity index is 1.28. The van der Waals surface area contributed by atoms with E-state index < -0.39 is 0 Å². The maximum Gasteiger partial charge on any atom is 0.407 e. The fourth-order valence-corrected chi connectivity index (χ4v) is 5.81. The van der Waals surface area contributed by atoms with Crippen LogP contribution in [0.4, 0.5) is 4.79 Å². The fraction of sp³-hybridized carbons (Fsp3) is 0.875. The number of rotatable bonds is 26. The third-order valence-corrected chi connectivity index (χ3v) is 8.32. The van der Waals surface area contributed by atoms with Crippen molar-refractivity contribution in [1.82, 2.24) is 5.32 Å². The minimum absolute atomic E-state index is 0.137. The lowest BCUT2D eigenvalue weighted by Crippen LogP contribution is -2.30. The zero-order chi connectivity index (χ0) is 27.6. The lowest BCUT2D eigenvalue weighted by molar-refractivity contribution is -0.692. The number of carbonyl (C=O) groups excluding carboxylic acids is 1. The van der Waals surface area contributed by atoms with Crippen LogP contribution in [0.1, 0.15) is 142 Å². The van der Waals surface area contributed by atoms with Gasteiger partial charge >= 0.3 is 6.09 Å². The normalized spacial score (nSPS) is 17.1. The SMILES string of the molecule is CCCCCCCCCCCCCCCCC[C@@H]1OC[C@@H](COC(=O)NCCCCCCC[n+]2ccsc2)O1. The molecule has 7 heteroatoms. The third-order valence-electron chi connectivity index (χ3n) is 7.65. The summed E-state index contributed by atoms with van der Waals surface area (Å²) >= 11 is 1.73. The van der Waals surface area contributed by atoms with Gasteiger partial charge < -0.3 is 19.5 Å². The number of ether oxygens (including phenoxy) is 3. The Morgan fingerprint density at radius 3 is 2.05 bits per heavy atom. The number of unbranched alkanes of at least 4 members (excludes halogenated alkanes) is 18. The number of aryl methyl sites for hydroxylation is 1. The van der Waals surface area contributed by atoms with Crippen molar-refractivity contribution in [3.8, 4) is 0 Å². The Hall–Kier alpha value is -1.18. The molecular weight excluding hydrogens is 508 g/mol. The van der Waals surface area contributed by atoms with Gasteiger partial charge in [0.15, 0.2) is 12.5 Å². The summed E-state index contributed by atoms with van der Waals surface area (Å²) in [5.74, 6) is 0. The molecule has 0 spiro atoms. The fourth-order valence-electron chi connectivity index (χ4n) is 5.18. The Labute approximate surface area is 243 Å². The van der Waals surface area contributed by atoms with E-state index >= 15 is 0 Å². The molecule has 0 aromatic carbocycles. The van der Waals surface area contributed by atoms with Crippen molar-refractivity contribution in [2.24, 2.45) is 0 Å². The van der Waals surface area contributed by atoms with E-state index in [0.717, 1.165) is 32.2 Å². The number of nitrogens with one attached hydrogen (secondary N) is 1. The highest BCUT2D eigenvalue weighted by Gasteiger charge is 2.26. The minimum atomic E-state index is -0.349. The van der Waals surface area contributed by atoms with Gasteiger partial charge in [0.05, 0.1) is 12.0 Å². The molecule has 0 unspecified atom stereocenters. The molecule has 1 aromatic heterocycles. The first-order valence-electron chi connectivity index (χ1n) is 16.4. The molecule has 1 N–H and O–H groups in total. The topological polar surface area (TPSA) is 60.7 Å². The molecule has 0 aliphatic carbocycles. The van der Waals surface area contributed by atoms with Gasteiger partial charge in [0.25, 0.3) is 0 Å². The molecule has 1 aliphatic rings. The highest BCUT2D eigenvalue weighted by molar-refractivity contribution is 7.07. The first-order chi connectivity index (χ1) is 19.3. The number of nitrogens with zero attached hydrogens (tertiary/aromatic N) is 1. The molecule has 1 aromatic rings. The average Bonchev–Trinajstić information content (AvgIpc) is 3.63. The molecule has 0 radical (unpaired) electrons. The van der Waals surface area contributed by atoms with Gasteiger partial charge in [-0.15, -0.1) is 0 Å². The summed E-state index contributed by atoms with van der Waals surface area (Å²) in [5, 5.41) is 4.96. The van der Waals surface area contributed by atoms with Crippen LogP contribution in [0, 0.1) is 0 Å². The summed E-state index contributed by atoms with van der Waals surface area (Å²) in [4.78, 5) is 11.9. The molecule has 6 nitrogen and oxygen atoms in total. The van der Waals surface area contributed by atoms with E-state index in [0.29, 0.717) is 13.2 Å². The van der Waals surface area contributed by atoms with Crippen molar-refractivity contribution < 1.29 is 23.6 Å². The summed E-state index contributed by atoms with van der Waals surface area (Å²) in [6, 6.07) is 0. The largest absolute Gasteiger partial charge is 0.447 e. The Morgan fingerprint density at radius 1 is 0.846 bits per heavy atom. The van der Waals surface area contributed by atoms with Gasteiger partial charge in [0.2, 0.25) is 5.51 Å². The van der Waals surface area contributed by atoms with Crippen LogP contribution in [0.5, 0.6) is 0 Å². The lowest BCUT2D eigenvalue weighted by Gasteiger charge is -2.12. The second-order valence-corrected chi connectivity index (χ2v) is 12.1. The van der Waals surface area contributed by atoms with E-state index in [2.05, 4.69) is 33.9 Å². The van der Waals surface area contributed by atoms with Gasteiger partial charge in [-0.2, -0.15) is 4.57 Å². The number of carbonyl (C=O) groups is 1. The van der Waals surface area contributed by atoms with Gasteiger partial charge in [0.1, 0.15) is 19.3 Å². The van der Waals surface area contributed by atoms with Gasteiger partial charge in [-0.1, -0.05) is 121 Å². The van der Waals surface area contributed by atoms with E-state index in [1.807, 2.05) is 0 Å². The molecule has 0 bridgehead atoms. The average molecular weight is 568 g/mol. The molecule has 226 valence electrons. The van der Waals surface area contributed by atoms with Crippen molar-refractivity contribution in [2.45, 2.75) is 161 Å². The number of aromatic nitrogens is 1. The second-order valence-electron chi connectivity index (χ2n) is 11.3. The quantitative estimate of drug-likeness (QED) is 0.0898. The zero-order valence-electron chi connectivity index (χ0n) is 25.1. The van der Waals surface area contributed by atoms with Crippen LogP contribution in [-0.2, 0) is 20.8 Å². The van der Waals surface area contributed by atoms with E-state index in [9.17, 15) is 4.79 Å². The summed E-state index contributed by atoms with van der Waals surface area (Å²) in [7, 11) is 0. The first kappa shape index (κ1) is 34.0. The number of thiazole rings is 1. The second kappa shape index (κ2) is 24.6. The highest BCUT2D eigenvalue weighted by atomic mass is 32.1. The smallest absolute Gasteiger partial charge is 0.407 e. The van der Waals surface area contributed by atoms with Gasteiger partial charge in [0, 0.05) is 13.0 Å².